The molecule has 17 heavy (non-hydrogen) atoms. The van der Waals surface area contributed by atoms with Crippen LogP contribution >= 0.6 is 0 Å². The van der Waals surface area contributed by atoms with Gasteiger partial charge in [0.05, 0.1) is 6.61 Å². The van der Waals surface area contributed by atoms with Crippen LogP contribution in [0.2, 0.25) is 0 Å². The van der Waals surface area contributed by atoms with Gasteiger partial charge in [-0.15, -0.1) is 0 Å². The Labute approximate surface area is 105 Å². The topological polar surface area (TPSA) is 41.7 Å². The zero-order valence-corrected chi connectivity index (χ0v) is 11.5. The molecular weight excluding hydrogens is 214 g/mol. The summed E-state index contributed by atoms with van der Waals surface area (Å²) in [7, 11) is 3.99. The summed E-state index contributed by atoms with van der Waals surface area (Å²) in [6.07, 6.45) is 3.87. The van der Waals surface area contributed by atoms with Crippen LogP contribution in [0.1, 0.15) is 26.2 Å². The molecule has 1 aliphatic heterocycles. The highest BCUT2D eigenvalue weighted by Gasteiger charge is 2.48. The van der Waals surface area contributed by atoms with Crippen molar-refractivity contribution in [2.24, 2.45) is 5.73 Å². The first-order valence-electron chi connectivity index (χ1n) is 6.79. The maximum atomic E-state index is 6.12. The maximum absolute atomic E-state index is 6.12. The van der Waals surface area contributed by atoms with Crippen molar-refractivity contribution < 1.29 is 4.74 Å². The molecule has 0 aromatic rings. The Balaban J connectivity index is 2.08. The predicted octanol–water partition coefficient (Wildman–Crippen LogP) is 0.519. The van der Waals surface area contributed by atoms with Gasteiger partial charge in [0.1, 0.15) is 0 Å². The minimum Gasteiger partial charge on any atom is -0.383 e. The lowest BCUT2D eigenvalue weighted by Gasteiger charge is -2.41. The summed E-state index contributed by atoms with van der Waals surface area (Å²) in [5.74, 6) is 0. The summed E-state index contributed by atoms with van der Waals surface area (Å²) in [6.45, 7) is 6.01. The zero-order chi connectivity index (χ0) is 12.5. The summed E-state index contributed by atoms with van der Waals surface area (Å²) < 4.78 is 5.26. The average molecular weight is 241 g/mol. The molecular formula is C13H27N3O. The van der Waals surface area contributed by atoms with Gasteiger partial charge < -0.3 is 15.4 Å². The van der Waals surface area contributed by atoms with Crippen LogP contribution in [0.4, 0.5) is 0 Å². The lowest BCUT2D eigenvalue weighted by molar-refractivity contribution is 0.0583. The van der Waals surface area contributed by atoms with Crippen LogP contribution in [0, 0.1) is 0 Å². The number of nitrogens with zero attached hydrogens (tertiary/aromatic N) is 2. The van der Waals surface area contributed by atoms with E-state index in [1.807, 2.05) is 0 Å². The van der Waals surface area contributed by atoms with E-state index in [2.05, 4.69) is 23.8 Å². The quantitative estimate of drug-likeness (QED) is 0.736. The van der Waals surface area contributed by atoms with E-state index in [0.717, 1.165) is 32.3 Å². The van der Waals surface area contributed by atoms with Crippen molar-refractivity contribution >= 4 is 0 Å². The number of nitrogens with two attached hydrogens (primary N) is 1. The van der Waals surface area contributed by atoms with Crippen LogP contribution in [0.25, 0.3) is 0 Å². The smallest absolute Gasteiger partial charge is 0.0590 e. The van der Waals surface area contributed by atoms with Crippen molar-refractivity contribution in [2.45, 2.75) is 43.8 Å². The minimum absolute atomic E-state index is 0.188. The molecule has 1 heterocycles. The lowest BCUT2D eigenvalue weighted by Crippen LogP contribution is -2.57. The third kappa shape index (κ3) is 2.65. The molecule has 2 unspecified atom stereocenters. The van der Waals surface area contributed by atoms with Gasteiger partial charge >= 0.3 is 0 Å². The third-order valence-electron chi connectivity index (χ3n) is 4.48. The summed E-state index contributed by atoms with van der Waals surface area (Å²) in [5.41, 5.74) is 6.31. The number of methoxy groups -OCH3 is 1. The number of ether oxygens (including phenoxy) is 1. The van der Waals surface area contributed by atoms with Gasteiger partial charge in [-0.25, -0.2) is 0 Å². The molecule has 4 nitrogen and oxygen atoms in total. The summed E-state index contributed by atoms with van der Waals surface area (Å²) in [5, 5.41) is 0. The highest BCUT2D eigenvalue weighted by Crippen LogP contribution is 2.38. The first kappa shape index (κ1) is 13.3. The van der Waals surface area contributed by atoms with Crippen molar-refractivity contribution in [1.82, 2.24) is 9.80 Å². The van der Waals surface area contributed by atoms with E-state index in [4.69, 9.17) is 10.5 Å². The molecule has 0 bridgehead atoms. The molecule has 0 aromatic heterocycles. The molecule has 4 heteroatoms. The molecule has 2 N–H and O–H groups in total. The van der Waals surface area contributed by atoms with E-state index in [1.54, 1.807) is 7.11 Å². The highest BCUT2D eigenvalue weighted by atomic mass is 16.5. The van der Waals surface area contributed by atoms with E-state index < -0.39 is 0 Å². The lowest BCUT2D eigenvalue weighted by atomic mass is 9.93. The van der Waals surface area contributed by atoms with Crippen molar-refractivity contribution in [2.75, 3.05) is 40.4 Å². The Morgan fingerprint density at radius 2 is 2.18 bits per heavy atom. The van der Waals surface area contributed by atoms with Crippen LogP contribution in [0.5, 0.6) is 0 Å². The molecule has 1 saturated heterocycles. The Bertz CT molecular complexity index is 245. The fourth-order valence-corrected chi connectivity index (χ4v) is 3.25. The second kappa shape index (κ2) is 5.22. The Morgan fingerprint density at radius 3 is 2.59 bits per heavy atom. The molecule has 2 rings (SSSR count). The van der Waals surface area contributed by atoms with Gasteiger partial charge in [-0.2, -0.15) is 0 Å². The fourth-order valence-electron chi connectivity index (χ4n) is 3.25. The largest absolute Gasteiger partial charge is 0.383 e. The number of hydrogen-bond donors (Lipinski definition) is 1. The second-order valence-corrected chi connectivity index (χ2v) is 5.81. The normalized spacial score (nSPS) is 34.8. The molecule has 1 aliphatic carbocycles. The van der Waals surface area contributed by atoms with Crippen molar-refractivity contribution in [1.29, 1.82) is 0 Å². The van der Waals surface area contributed by atoms with Crippen molar-refractivity contribution in [3.05, 3.63) is 0 Å². The van der Waals surface area contributed by atoms with Gasteiger partial charge in [0.15, 0.2) is 0 Å². The van der Waals surface area contributed by atoms with E-state index >= 15 is 0 Å². The predicted molar refractivity (Wildman–Crippen MR) is 70.1 cm³/mol. The Kier molecular flexibility index (Phi) is 4.08. The summed E-state index contributed by atoms with van der Waals surface area (Å²) in [6, 6.07) is 1.40. The third-order valence-corrected chi connectivity index (χ3v) is 4.48. The number of likely N-dealkylation sites (tertiary alicyclic amines) is 1. The van der Waals surface area contributed by atoms with E-state index in [9.17, 15) is 0 Å². The zero-order valence-electron chi connectivity index (χ0n) is 11.5. The van der Waals surface area contributed by atoms with Crippen LogP contribution in [-0.2, 0) is 4.74 Å². The Hall–Kier alpha value is -0.160. The van der Waals surface area contributed by atoms with Gasteiger partial charge in [0.25, 0.3) is 0 Å². The van der Waals surface area contributed by atoms with Crippen LogP contribution in [0.15, 0.2) is 0 Å². The minimum atomic E-state index is 0.188. The molecule has 0 spiro atoms. The summed E-state index contributed by atoms with van der Waals surface area (Å²) in [4.78, 5) is 5.07. The molecule has 2 atom stereocenters. The molecule has 2 aliphatic rings. The monoisotopic (exact) mass is 241 g/mol. The van der Waals surface area contributed by atoms with E-state index in [1.165, 1.54) is 19.3 Å². The fraction of sp³-hybridized carbons (Fsp3) is 1.00. The van der Waals surface area contributed by atoms with Crippen molar-refractivity contribution in [3.63, 3.8) is 0 Å². The second-order valence-electron chi connectivity index (χ2n) is 5.81. The Morgan fingerprint density at radius 1 is 1.47 bits per heavy atom. The standard InChI is InChI=1S/C13H27N3O/c1-11-8-13(9-14,10-15(11)2)16(6-7-17-3)12-4-5-12/h11-12H,4-10,14H2,1-3H3. The number of hydrogen-bond acceptors (Lipinski definition) is 4. The van der Waals surface area contributed by atoms with Crippen LogP contribution in [0.3, 0.4) is 0 Å². The van der Waals surface area contributed by atoms with Crippen LogP contribution in [-0.4, -0.2) is 67.8 Å². The number of rotatable bonds is 6. The molecule has 2 fully saturated rings. The molecule has 1 saturated carbocycles. The van der Waals surface area contributed by atoms with Crippen molar-refractivity contribution in [3.8, 4) is 0 Å². The van der Waals surface area contributed by atoms with E-state index in [0.29, 0.717) is 6.04 Å². The van der Waals surface area contributed by atoms with Crippen LogP contribution < -0.4 is 5.73 Å². The first-order valence-corrected chi connectivity index (χ1v) is 6.79. The van der Waals surface area contributed by atoms with Gasteiger partial charge in [0.2, 0.25) is 0 Å². The maximum Gasteiger partial charge on any atom is 0.0590 e. The molecule has 0 radical (unpaired) electrons. The highest BCUT2D eigenvalue weighted by molar-refractivity contribution is 5.06. The molecule has 100 valence electrons. The van der Waals surface area contributed by atoms with Gasteiger partial charge in [-0.1, -0.05) is 0 Å². The first-order chi connectivity index (χ1) is 8.13. The van der Waals surface area contributed by atoms with Gasteiger partial charge in [-0.05, 0) is 33.2 Å². The van der Waals surface area contributed by atoms with Gasteiger partial charge in [0, 0.05) is 44.4 Å². The SMILES string of the molecule is COCCN(C1CC1)C1(CN)CC(C)N(C)C1. The van der Waals surface area contributed by atoms with E-state index in [-0.39, 0.29) is 5.54 Å². The number of likely N-dealkylation sites (N-methyl/N-ethyl adjacent to an activating group) is 1. The molecule has 0 amide bonds. The van der Waals surface area contributed by atoms with Gasteiger partial charge in [-0.3, -0.25) is 4.90 Å². The average Bonchev–Trinajstić information content (AvgIpc) is 3.08. The molecule has 0 aromatic carbocycles. The summed E-state index contributed by atoms with van der Waals surface area (Å²) >= 11 is 0.